The van der Waals surface area contributed by atoms with Crippen molar-refractivity contribution in [3.05, 3.63) is 94.3 Å². The number of para-hydroxylation sites is 2. The van der Waals surface area contributed by atoms with Crippen molar-refractivity contribution < 1.29 is 23.6 Å². The monoisotopic (exact) mass is 423 g/mol. The van der Waals surface area contributed by atoms with Crippen molar-refractivity contribution in [3.8, 4) is 11.5 Å². The lowest BCUT2D eigenvalue weighted by molar-refractivity contribution is -0.384. The predicted molar refractivity (Wildman–Crippen MR) is 112 cm³/mol. The van der Waals surface area contributed by atoms with Gasteiger partial charge in [-0.05, 0) is 37.3 Å². The number of nitro groups is 1. The predicted octanol–water partition coefficient (Wildman–Crippen LogP) is 4.28. The summed E-state index contributed by atoms with van der Waals surface area (Å²) in [5.41, 5.74) is 0.157. The molecule has 0 saturated carbocycles. The van der Waals surface area contributed by atoms with E-state index in [0.717, 1.165) is 6.07 Å². The summed E-state index contributed by atoms with van der Waals surface area (Å²) in [6.45, 7) is 1.47. The molecule has 0 radical (unpaired) electrons. The quantitative estimate of drug-likeness (QED) is 0.435. The third-order valence-corrected chi connectivity index (χ3v) is 4.23. The number of hydrogen-bond donors (Lipinski definition) is 2. The van der Waals surface area contributed by atoms with E-state index in [1.54, 1.807) is 30.3 Å². The Labute approximate surface area is 176 Å². The number of nitrogens with one attached hydrogen (secondary N) is 2. The Hall–Kier alpha value is -4.27. The van der Waals surface area contributed by atoms with E-state index >= 15 is 0 Å². The molecule has 0 fully saturated rings. The van der Waals surface area contributed by atoms with Gasteiger partial charge >= 0.3 is 0 Å². The average molecular weight is 423 g/mol. The van der Waals surface area contributed by atoms with Crippen LogP contribution in [0.2, 0.25) is 0 Å². The standard InChI is InChI=1S/C22H18FN3O5/c1-14(24-22(28)15-6-4-8-17(12-15)26(29)30)21(27)25-19-10-2-3-11-20(19)31-18-9-5-7-16(23)13-18/h2-14H,1H3,(H,24,28)(H,25,27). The Kier molecular flexibility index (Phi) is 6.56. The molecule has 1 atom stereocenters. The Bertz CT molecular complexity index is 1140. The van der Waals surface area contributed by atoms with Crippen LogP contribution in [0, 0.1) is 15.9 Å². The van der Waals surface area contributed by atoms with Gasteiger partial charge in [-0.15, -0.1) is 0 Å². The summed E-state index contributed by atoms with van der Waals surface area (Å²) >= 11 is 0. The van der Waals surface area contributed by atoms with Gasteiger partial charge in [-0.3, -0.25) is 19.7 Å². The van der Waals surface area contributed by atoms with E-state index in [1.807, 2.05) is 0 Å². The van der Waals surface area contributed by atoms with Gasteiger partial charge in [-0.25, -0.2) is 4.39 Å². The zero-order valence-electron chi connectivity index (χ0n) is 16.4. The smallest absolute Gasteiger partial charge is 0.270 e. The van der Waals surface area contributed by atoms with Crippen LogP contribution in [0.1, 0.15) is 17.3 Å². The molecular formula is C22H18FN3O5. The lowest BCUT2D eigenvalue weighted by Gasteiger charge is -2.16. The maximum absolute atomic E-state index is 13.4. The fourth-order valence-corrected chi connectivity index (χ4v) is 2.66. The number of amides is 2. The number of hydrogen-bond acceptors (Lipinski definition) is 5. The summed E-state index contributed by atoms with van der Waals surface area (Å²) < 4.78 is 19.0. The van der Waals surface area contributed by atoms with Crippen molar-refractivity contribution in [2.24, 2.45) is 0 Å². The van der Waals surface area contributed by atoms with E-state index in [4.69, 9.17) is 4.74 Å². The number of carbonyl (C=O) groups is 2. The van der Waals surface area contributed by atoms with Crippen LogP contribution in [-0.4, -0.2) is 22.8 Å². The second kappa shape index (κ2) is 9.49. The molecule has 0 spiro atoms. The van der Waals surface area contributed by atoms with Crippen LogP contribution in [0.3, 0.4) is 0 Å². The molecule has 0 heterocycles. The normalized spacial score (nSPS) is 11.3. The van der Waals surface area contributed by atoms with Gasteiger partial charge in [0.25, 0.3) is 11.6 Å². The second-order valence-electron chi connectivity index (χ2n) is 6.55. The number of nitro benzene ring substituents is 1. The highest BCUT2D eigenvalue weighted by Crippen LogP contribution is 2.29. The van der Waals surface area contributed by atoms with Crippen molar-refractivity contribution >= 4 is 23.2 Å². The molecule has 2 amide bonds. The van der Waals surface area contributed by atoms with E-state index in [0.29, 0.717) is 11.4 Å². The second-order valence-corrected chi connectivity index (χ2v) is 6.55. The minimum atomic E-state index is -0.950. The van der Waals surface area contributed by atoms with Gasteiger partial charge in [0, 0.05) is 23.8 Å². The maximum Gasteiger partial charge on any atom is 0.270 e. The summed E-state index contributed by atoms with van der Waals surface area (Å²) in [5, 5.41) is 16.0. The summed E-state index contributed by atoms with van der Waals surface area (Å²) in [6.07, 6.45) is 0. The molecule has 1 unspecified atom stereocenters. The van der Waals surface area contributed by atoms with Crippen LogP contribution in [0.4, 0.5) is 15.8 Å². The Morgan fingerprint density at radius 1 is 1.03 bits per heavy atom. The SMILES string of the molecule is CC(NC(=O)c1cccc([N+](=O)[O-])c1)C(=O)Nc1ccccc1Oc1cccc(F)c1. The van der Waals surface area contributed by atoms with Gasteiger partial charge in [0.05, 0.1) is 10.6 Å². The molecule has 158 valence electrons. The number of benzene rings is 3. The third-order valence-electron chi connectivity index (χ3n) is 4.23. The molecule has 2 N–H and O–H groups in total. The lowest BCUT2D eigenvalue weighted by atomic mass is 10.1. The van der Waals surface area contributed by atoms with Crippen molar-refractivity contribution in [2.75, 3.05) is 5.32 Å². The van der Waals surface area contributed by atoms with Crippen LogP contribution >= 0.6 is 0 Å². The Balaban J connectivity index is 1.68. The average Bonchev–Trinajstić information content (AvgIpc) is 2.75. The highest BCUT2D eigenvalue weighted by atomic mass is 19.1. The summed E-state index contributed by atoms with van der Waals surface area (Å²) in [7, 11) is 0. The molecule has 3 aromatic carbocycles. The van der Waals surface area contributed by atoms with Gasteiger partial charge in [-0.2, -0.15) is 0 Å². The molecule has 9 heteroatoms. The molecule has 0 aromatic heterocycles. The summed E-state index contributed by atoms with van der Waals surface area (Å²) in [5.74, 6) is -1.08. The Morgan fingerprint density at radius 3 is 2.52 bits per heavy atom. The summed E-state index contributed by atoms with van der Waals surface area (Å²) in [4.78, 5) is 35.2. The number of non-ortho nitro benzene ring substituents is 1. The van der Waals surface area contributed by atoms with E-state index in [1.165, 1.54) is 43.3 Å². The fourth-order valence-electron chi connectivity index (χ4n) is 2.66. The van der Waals surface area contributed by atoms with Crippen molar-refractivity contribution in [3.63, 3.8) is 0 Å². The largest absolute Gasteiger partial charge is 0.455 e. The highest BCUT2D eigenvalue weighted by molar-refractivity contribution is 6.01. The van der Waals surface area contributed by atoms with E-state index in [2.05, 4.69) is 10.6 Å². The maximum atomic E-state index is 13.4. The molecule has 0 aliphatic rings. The number of anilines is 1. The van der Waals surface area contributed by atoms with Crippen molar-refractivity contribution in [2.45, 2.75) is 13.0 Å². The van der Waals surface area contributed by atoms with Crippen LogP contribution in [0.25, 0.3) is 0 Å². The number of ether oxygens (including phenoxy) is 1. The third kappa shape index (κ3) is 5.63. The van der Waals surface area contributed by atoms with Gasteiger partial charge in [-0.1, -0.05) is 24.3 Å². The first-order chi connectivity index (χ1) is 14.8. The van der Waals surface area contributed by atoms with E-state index in [9.17, 15) is 24.1 Å². The van der Waals surface area contributed by atoms with Crippen LogP contribution < -0.4 is 15.4 Å². The van der Waals surface area contributed by atoms with E-state index < -0.39 is 28.6 Å². The topological polar surface area (TPSA) is 111 Å². The number of rotatable bonds is 7. The zero-order valence-corrected chi connectivity index (χ0v) is 16.4. The zero-order chi connectivity index (χ0) is 22.4. The fraction of sp³-hybridized carbons (Fsp3) is 0.0909. The molecule has 0 saturated heterocycles. The molecule has 31 heavy (non-hydrogen) atoms. The van der Waals surface area contributed by atoms with Crippen LogP contribution in [0.5, 0.6) is 11.5 Å². The van der Waals surface area contributed by atoms with Crippen molar-refractivity contribution in [1.29, 1.82) is 0 Å². The van der Waals surface area contributed by atoms with Gasteiger partial charge in [0.15, 0.2) is 5.75 Å². The van der Waals surface area contributed by atoms with Crippen LogP contribution in [0.15, 0.2) is 72.8 Å². The first-order valence-electron chi connectivity index (χ1n) is 9.22. The first kappa shape index (κ1) is 21.4. The Morgan fingerprint density at radius 2 is 1.77 bits per heavy atom. The number of halogens is 1. The summed E-state index contributed by atoms with van der Waals surface area (Å²) in [6, 6.07) is 16.4. The highest BCUT2D eigenvalue weighted by Gasteiger charge is 2.19. The number of nitrogens with zero attached hydrogens (tertiary/aromatic N) is 1. The lowest BCUT2D eigenvalue weighted by Crippen LogP contribution is -2.41. The van der Waals surface area contributed by atoms with Gasteiger partial charge in [0.1, 0.15) is 17.6 Å². The molecule has 0 aliphatic heterocycles. The molecular weight excluding hydrogens is 405 g/mol. The minimum Gasteiger partial charge on any atom is -0.455 e. The van der Waals surface area contributed by atoms with Crippen LogP contribution in [-0.2, 0) is 4.79 Å². The minimum absolute atomic E-state index is 0.0590. The van der Waals surface area contributed by atoms with E-state index in [-0.39, 0.29) is 17.0 Å². The molecule has 3 aromatic rings. The molecule has 0 bridgehead atoms. The van der Waals surface area contributed by atoms with Gasteiger partial charge < -0.3 is 15.4 Å². The van der Waals surface area contributed by atoms with Gasteiger partial charge in [0.2, 0.25) is 5.91 Å². The first-order valence-corrected chi connectivity index (χ1v) is 9.22. The molecule has 0 aliphatic carbocycles. The molecule has 3 rings (SSSR count). The molecule has 8 nitrogen and oxygen atoms in total. The van der Waals surface area contributed by atoms with Crippen molar-refractivity contribution in [1.82, 2.24) is 5.32 Å². The number of carbonyl (C=O) groups excluding carboxylic acids is 2.